The maximum absolute atomic E-state index is 13.2. The molecule has 0 saturated carbocycles. The summed E-state index contributed by atoms with van der Waals surface area (Å²) >= 11 is 0. The molecular formula is C20H26N2O5. The van der Waals surface area contributed by atoms with Crippen molar-refractivity contribution in [3.8, 4) is 0 Å². The molecule has 0 unspecified atom stereocenters. The van der Waals surface area contributed by atoms with E-state index in [1.54, 1.807) is 17.0 Å². The van der Waals surface area contributed by atoms with Gasteiger partial charge in [0.1, 0.15) is 5.72 Å². The molecule has 1 aromatic rings. The van der Waals surface area contributed by atoms with Crippen LogP contribution in [0.2, 0.25) is 0 Å². The Morgan fingerprint density at radius 3 is 2.26 bits per heavy atom. The van der Waals surface area contributed by atoms with E-state index in [0.717, 1.165) is 5.56 Å². The van der Waals surface area contributed by atoms with Crippen molar-refractivity contribution in [3.05, 3.63) is 35.4 Å². The zero-order chi connectivity index (χ0) is 19.8. The van der Waals surface area contributed by atoms with Gasteiger partial charge in [0.15, 0.2) is 6.04 Å². The second kappa shape index (κ2) is 7.31. The Balaban J connectivity index is 1.86. The Labute approximate surface area is 158 Å². The molecule has 146 valence electrons. The molecule has 2 saturated heterocycles. The lowest BCUT2D eigenvalue weighted by Gasteiger charge is -2.44. The zero-order valence-corrected chi connectivity index (χ0v) is 16.0. The average Bonchev–Trinajstić information content (AvgIpc) is 3.00. The van der Waals surface area contributed by atoms with E-state index in [1.165, 1.54) is 4.90 Å². The van der Waals surface area contributed by atoms with Gasteiger partial charge in [0.25, 0.3) is 5.91 Å². The van der Waals surface area contributed by atoms with E-state index in [4.69, 9.17) is 4.74 Å². The van der Waals surface area contributed by atoms with Crippen LogP contribution in [0.25, 0.3) is 0 Å². The fraction of sp³-hybridized carbons (Fsp3) is 0.550. The summed E-state index contributed by atoms with van der Waals surface area (Å²) in [5.41, 5.74) is 0.491. The Kier molecular flexibility index (Phi) is 5.24. The predicted octanol–water partition coefficient (Wildman–Crippen LogP) is 1.90. The zero-order valence-electron chi connectivity index (χ0n) is 16.0. The fourth-order valence-corrected chi connectivity index (χ4v) is 3.83. The van der Waals surface area contributed by atoms with E-state index in [1.807, 2.05) is 32.9 Å². The number of hydrogen-bond donors (Lipinski definition) is 1. The Hall–Kier alpha value is -2.41. The summed E-state index contributed by atoms with van der Waals surface area (Å²) in [6.07, 6.45) is 0.819. The van der Waals surface area contributed by atoms with Gasteiger partial charge < -0.3 is 14.7 Å². The molecule has 2 aliphatic rings. The number of benzene rings is 1. The van der Waals surface area contributed by atoms with Crippen LogP contribution in [0, 0.1) is 12.8 Å². The minimum atomic E-state index is -1.08. The predicted molar refractivity (Wildman–Crippen MR) is 98.1 cm³/mol. The van der Waals surface area contributed by atoms with Gasteiger partial charge in [-0.05, 0) is 19.1 Å². The second-order valence-electron chi connectivity index (χ2n) is 7.63. The maximum Gasteiger partial charge on any atom is 0.328 e. The van der Waals surface area contributed by atoms with Crippen LogP contribution in [0.5, 0.6) is 0 Å². The number of ether oxygens (including phenoxy) is 1. The molecule has 0 bridgehead atoms. The lowest BCUT2D eigenvalue weighted by atomic mass is 9.95. The molecule has 7 heteroatoms. The number of likely N-dealkylation sites (tertiary alicyclic amines) is 1. The number of nitrogens with zero attached hydrogens (tertiary/aromatic N) is 2. The van der Waals surface area contributed by atoms with Crippen molar-refractivity contribution in [1.29, 1.82) is 0 Å². The van der Waals surface area contributed by atoms with E-state index in [2.05, 4.69) is 0 Å². The van der Waals surface area contributed by atoms with Crippen molar-refractivity contribution < 1.29 is 24.2 Å². The van der Waals surface area contributed by atoms with Crippen LogP contribution < -0.4 is 0 Å². The third kappa shape index (κ3) is 3.56. The van der Waals surface area contributed by atoms with E-state index in [-0.39, 0.29) is 24.3 Å². The minimum absolute atomic E-state index is 0.0366. The van der Waals surface area contributed by atoms with Crippen LogP contribution in [0.3, 0.4) is 0 Å². The number of carboxylic acids is 1. The molecule has 1 atom stereocenters. The summed E-state index contributed by atoms with van der Waals surface area (Å²) < 4.78 is 5.91. The van der Waals surface area contributed by atoms with Gasteiger partial charge in [0.2, 0.25) is 5.91 Å². The Bertz CT molecular complexity index is 735. The second-order valence-corrected chi connectivity index (χ2v) is 7.63. The SMILES string of the molecule is Cc1ccc(C(=O)N2[C@H](C(=O)O)COC23CCN(C(=O)C(C)C)CC3)cc1. The molecule has 0 aliphatic carbocycles. The third-order valence-electron chi connectivity index (χ3n) is 5.41. The van der Waals surface area contributed by atoms with Crippen LogP contribution in [-0.2, 0) is 14.3 Å². The monoisotopic (exact) mass is 374 g/mol. The fourth-order valence-electron chi connectivity index (χ4n) is 3.83. The standard InChI is InChI=1S/C20H26N2O5/c1-13(2)17(23)21-10-8-20(9-11-21)22(16(12-27-20)19(25)26)18(24)15-6-4-14(3)5-7-15/h4-7,13,16H,8-12H2,1-3H3,(H,25,26)/t16-/m0/s1. The number of hydrogen-bond acceptors (Lipinski definition) is 4. The Morgan fingerprint density at radius 1 is 1.15 bits per heavy atom. The van der Waals surface area contributed by atoms with Gasteiger partial charge in [0, 0.05) is 37.4 Å². The number of aryl methyl sites for hydroxylation is 1. The number of carbonyl (C=O) groups is 3. The Morgan fingerprint density at radius 2 is 1.74 bits per heavy atom. The first-order valence-electron chi connectivity index (χ1n) is 9.31. The van der Waals surface area contributed by atoms with E-state index >= 15 is 0 Å². The summed E-state index contributed by atoms with van der Waals surface area (Å²) in [5.74, 6) is -1.45. The molecule has 1 spiro atoms. The van der Waals surface area contributed by atoms with Crippen LogP contribution in [0.15, 0.2) is 24.3 Å². The third-order valence-corrected chi connectivity index (χ3v) is 5.41. The normalized spacial score (nSPS) is 21.7. The number of aliphatic carboxylic acids is 1. The minimum Gasteiger partial charge on any atom is -0.480 e. The van der Waals surface area contributed by atoms with Crippen molar-refractivity contribution in [1.82, 2.24) is 9.80 Å². The van der Waals surface area contributed by atoms with Gasteiger partial charge in [0.05, 0.1) is 6.61 Å². The van der Waals surface area contributed by atoms with Crippen molar-refractivity contribution in [2.45, 2.75) is 45.4 Å². The molecular weight excluding hydrogens is 348 g/mol. The van der Waals surface area contributed by atoms with Gasteiger partial charge in [-0.2, -0.15) is 0 Å². The van der Waals surface area contributed by atoms with Crippen molar-refractivity contribution in [3.63, 3.8) is 0 Å². The number of carboxylic acid groups (broad SMARTS) is 1. The summed E-state index contributed by atoms with van der Waals surface area (Å²) in [7, 11) is 0. The van der Waals surface area contributed by atoms with Crippen LogP contribution >= 0.6 is 0 Å². The highest BCUT2D eigenvalue weighted by Crippen LogP contribution is 2.38. The molecule has 2 aliphatic heterocycles. The number of rotatable bonds is 3. The quantitative estimate of drug-likeness (QED) is 0.873. The molecule has 0 aromatic heterocycles. The average molecular weight is 374 g/mol. The lowest BCUT2D eigenvalue weighted by molar-refractivity contribution is -0.149. The van der Waals surface area contributed by atoms with Crippen LogP contribution in [-0.4, -0.2) is 64.2 Å². The van der Waals surface area contributed by atoms with E-state index in [9.17, 15) is 19.5 Å². The molecule has 7 nitrogen and oxygen atoms in total. The highest BCUT2D eigenvalue weighted by molar-refractivity contribution is 5.97. The molecule has 0 radical (unpaired) electrons. The summed E-state index contributed by atoms with van der Waals surface area (Å²) in [6.45, 7) is 6.49. The highest BCUT2D eigenvalue weighted by Gasteiger charge is 2.54. The first kappa shape index (κ1) is 19.4. The van der Waals surface area contributed by atoms with E-state index < -0.39 is 17.7 Å². The topological polar surface area (TPSA) is 87.2 Å². The van der Waals surface area contributed by atoms with Gasteiger partial charge in [-0.3, -0.25) is 14.5 Å². The number of carbonyl (C=O) groups excluding carboxylic acids is 2. The van der Waals surface area contributed by atoms with Gasteiger partial charge in [-0.25, -0.2) is 4.79 Å². The largest absolute Gasteiger partial charge is 0.480 e. The van der Waals surface area contributed by atoms with Crippen molar-refractivity contribution >= 4 is 17.8 Å². The van der Waals surface area contributed by atoms with Gasteiger partial charge in [-0.15, -0.1) is 0 Å². The summed E-state index contributed by atoms with van der Waals surface area (Å²) in [4.78, 5) is 40.3. The van der Waals surface area contributed by atoms with Crippen molar-refractivity contribution in [2.24, 2.45) is 5.92 Å². The van der Waals surface area contributed by atoms with E-state index in [0.29, 0.717) is 31.5 Å². The smallest absolute Gasteiger partial charge is 0.328 e. The summed E-state index contributed by atoms with van der Waals surface area (Å²) in [5, 5.41) is 9.61. The van der Waals surface area contributed by atoms with Gasteiger partial charge >= 0.3 is 5.97 Å². The molecule has 2 heterocycles. The van der Waals surface area contributed by atoms with Gasteiger partial charge in [-0.1, -0.05) is 31.5 Å². The molecule has 1 aromatic carbocycles. The lowest BCUT2D eigenvalue weighted by Crippen LogP contribution is -2.59. The van der Waals surface area contributed by atoms with Crippen LogP contribution in [0.1, 0.15) is 42.6 Å². The number of piperidine rings is 1. The molecule has 2 fully saturated rings. The maximum atomic E-state index is 13.2. The summed E-state index contributed by atoms with van der Waals surface area (Å²) in [6, 6.07) is 6.05. The molecule has 2 amide bonds. The van der Waals surface area contributed by atoms with Crippen LogP contribution in [0.4, 0.5) is 0 Å². The van der Waals surface area contributed by atoms with Crippen molar-refractivity contribution in [2.75, 3.05) is 19.7 Å². The number of amides is 2. The molecule has 3 rings (SSSR count). The molecule has 1 N–H and O–H groups in total. The first-order valence-corrected chi connectivity index (χ1v) is 9.31. The first-order chi connectivity index (χ1) is 12.7. The molecule has 27 heavy (non-hydrogen) atoms. The highest BCUT2D eigenvalue weighted by atomic mass is 16.5.